The first kappa shape index (κ1) is 11.6. The molecular formula is C9H9Cl3NO+. The van der Waals surface area contributed by atoms with Gasteiger partial charge in [0, 0.05) is 0 Å². The lowest BCUT2D eigenvalue weighted by molar-refractivity contribution is -0.143. The minimum atomic E-state index is -1.67. The van der Waals surface area contributed by atoms with Gasteiger partial charge >= 0.3 is 9.69 Å². The molecule has 0 amide bonds. The minimum Gasteiger partial charge on any atom is -0.440 e. The molecule has 0 unspecified atom stereocenters. The Labute approximate surface area is 97.2 Å². The van der Waals surface area contributed by atoms with Gasteiger partial charge in [0.2, 0.25) is 0 Å². The molecule has 0 aliphatic heterocycles. The van der Waals surface area contributed by atoms with Gasteiger partial charge < -0.3 is 4.74 Å². The molecule has 14 heavy (non-hydrogen) atoms. The van der Waals surface area contributed by atoms with Crippen molar-refractivity contribution in [1.29, 1.82) is 0 Å². The average molecular weight is 254 g/mol. The highest BCUT2D eigenvalue weighted by Crippen LogP contribution is 2.26. The van der Waals surface area contributed by atoms with E-state index in [9.17, 15) is 0 Å². The summed E-state index contributed by atoms with van der Waals surface area (Å²) >= 11 is 16.5. The molecule has 0 radical (unpaired) electrons. The third-order valence-electron chi connectivity index (χ3n) is 1.52. The Balaban J connectivity index is 2.46. The highest BCUT2D eigenvalue weighted by Gasteiger charge is 2.34. The molecule has 1 rings (SSSR count). The maximum Gasteiger partial charge on any atom is 0.387 e. The van der Waals surface area contributed by atoms with E-state index in [-0.39, 0.29) is 5.90 Å². The van der Waals surface area contributed by atoms with Gasteiger partial charge in [-0.15, -0.1) is 0 Å². The van der Waals surface area contributed by atoms with Crippen LogP contribution in [0.15, 0.2) is 30.3 Å². The van der Waals surface area contributed by atoms with E-state index in [2.05, 4.69) is 0 Å². The predicted molar refractivity (Wildman–Crippen MR) is 58.5 cm³/mol. The van der Waals surface area contributed by atoms with Crippen molar-refractivity contribution in [2.45, 2.75) is 10.4 Å². The highest BCUT2D eigenvalue weighted by atomic mass is 35.6. The summed E-state index contributed by atoms with van der Waals surface area (Å²) in [6, 6.07) is 9.48. The molecule has 0 saturated carbocycles. The first-order valence-corrected chi connectivity index (χ1v) is 5.00. The average Bonchev–Trinajstić information content (AvgIpc) is 2.14. The van der Waals surface area contributed by atoms with Gasteiger partial charge in [-0.3, -0.25) is 0 Å². The molecule has 0 bridgehead atoms. The molecule has 1 aromatic carbocycles. The van der Waals surface area contributed by atoms with Gasteiger partial charge in [-0.25, -0.2) is 5.41 Å². The number of nitrogens with two attached hydrogens (primary N) is 1. The quantitative estimate of drug-likeness (QED) is 0.486. The van der Waals surface area contributed by atoms with Gasteiger partial charge in [0.15, 0.2) is 0 Å². The van der Waals surface area contributed by atoms with E-state index in [1.54, 1.807) is 0 Å². The third-order valence-corrected chi connectivity index (χ3v) is 2.08. The highest BCUT2D eigenvalue weighted by molar-refractivity contribution is 6.75. The maximum absolute atomic E-state index is 5.49. The first-order valence-electron chi connectivity index (χ1n) is 3.86. The third kappa shape index (κ3) is 3.74. The second kappa shape index (κ2) is 4.87. The standard InChI is InChI=1S/C9H8Cl3NO/c10-9(11,12)8(13)14-6-7-4-2-1-3-5-7/h1-5,13H,6H2/p+1. The summed E-state index contributed by atoms with van der Waals surface area (Å²) in [7, 11) is 0. The fourth-order valence-corrected chi connectivity index (χ4v) is 0.981. The van der Waals surface area contributed by atoms with Gasteiger partial charge in [0.05, 0.1) is 0 Å². The lowest BCUT2D eigenvalue weighted by atomic mass is 10.2. The maximum atomic E-state index is 5.49. The molecule has 76 valence electrons. The van der Waals surface area contributed by atoms with Crippen molar-refractivity contribution in [1.82, 2.24) is 0 Å². The van der Waals surface area contributed by atoms with Crippen LogP contribution in [0.5, 0.6) is 0 Å². The Bertz CT molecular complexity index is 308. The second-order valence-corrected chi connectivity index (χ2v) is 4.92. The summed E-state index contributed by atoms with van der Waals surface area (Å²) in [5.41, 5.74) is 0.963. The Morgan fingerprint density at radius 1 is 1.21 bits per heavy atom. The van der Waals surface area contributed by atoms with Crippen LogP contribution in [0, 0.1) is 0 Å². The normalized spacial score (nSPS) is 11.1. The van der Waals surface area contributed by atoms with Crippen molar-refractivity contribution >= 4 is 40.7 Å². The summed E-state index contributed by atoms with van der Waals surface area (Å²) < 4.78 is 3.42. The van der Waals surface area contributed by atoms with Crippen molar-refractivity contribution in [2.75, 3.05) is 0 Å². The van der Waals surface area contributed by atoms with E-state index in [0.717, 1.165) is 5.56 Å². The number of benzene rings is 1. The van der Waals surface area contributed by atoms with E-state index in [1.165, 1.54) is 0 Å². The van der Waals surface area contributed by atoms with Crippen LogP contribution in [0.2, 0.25) is 0 Å². The van der Waals surface area contributed by atoms with Crippen LogP contribution in [0.4, 0.5) is 0 Å². The SMILES string of the molecule is [NH2+]=C(OCc1ccccc1)C(Cl)(Cl)Cl. The van der Waals surface area contributed by atoms with Crippen LogP contribution in [0.3, 0.4) is 0 Å². The zero-order valence-electron chi connectivity index (χ0n) is 7.21. The molecule has 2 N–H and O–H groups in total. The number of hydrogen-bond donors (Lipinski definition) is 1. The molecule has 0 atom stereocenters. The van der Waals surface area contributed by atoms with E-state index in [4.69, 9.17) is 44.9 Å². The lowest BCUT2D eigenvalue weighted by Gasteiger charge is -2.08. The molecule has 1 aromatic rings. The Morgan fingerprint density at radius 3 is 2.29 bits per heavy atom. The fourth-order valence-electron chi connectivity index (χ4n) is 0.817. The number of ether oxygens (including phenoxy) is 1. The van der Waals surface area contributed by atoms with Crippen LogP contribution in [-0.2, 0) is 11.3 Å². The van der Waals surface area contributed by atoms with Crippen molar-refractivity contribution in [3.05, 3.63) is 35.9 Å². The summed E-state index contributed by atoms with van der Waals surface area (Å²) in [4.78, 5) is 0. The van der Waals surface area contributed by atoms with Gasteiger partial charge in [-0.05, 0) is 5.56 Å². The van der Waals surface area contributed by atoms with Gasteiger partial charge in [-0.2, -0.15) is 0 Å². The number of hydrogen-bond acceptors (Lipinski definition) is 1. The molecular weight excluding hydrogens is 244 g/mol. The molecule has 0 saturated heterocycles. The first-order chi connectivity index (χ1) is 6.50. The van der Waals surface area contributed by atoms with Crippen LogP contribution >= 0.6 is 34.8 Å². The minimum absolute atomic E-state index is 0.119. The van der Waals surface area contributed by atoms with Crippen molar-refractivity contribution in [3.8, 4) is 0 Å². The summed E-state index contributed by atoms with van der Waals surface area (Å²) in [5, 5.41) is 5.40. The van der Waals surface area contributed by atoms with Crippen LogP contribution < -0.4 is 5.41 Å². The number of halogens is 3. The lowest BCUT2D eigenvalue weighted by Crippen LogP contribution is -2.48. The zero-order valence-corrected chi connectivity index (χ0v) is 9.48. The second-order valence-electron chi connectivity index (χ2n) is 2.64. The van der Waals surface area contributed by atoms with E-state index >= 15 is 0 Å². The zero-order chi connectivity index (χ0) is 10.6. The van der Waals surface area contributed by atoms with Gasteiger partial charge in [-0.1, -0.05) is 65.1 Å². The summed E-state index contributed by atoms with van der Waals surface area (Å²) in [6.45, 7) is 0.292. The van der Waals surface area contributed by atoms with Crippen LogP contribution in [0.25, 0.3) is 0 Å². The van der Waals surface area contributed by atoms with Crippen molar-refractivity contribution in [2.24, 2.45) is 0 Å². The monoisotopic (exact) mass is 252 g/mol. The molecule has 0 fully saturated rings. The molecule has 0 spiro atoms. The Hall–Kier alpha value is -0.440. The van der Waals surface area contributed by atoms with E-state index in [0.29, 0.717) is 6.61 Å². The molecule has 0 aliphatic carbocycles. The molecule has 0 aromatic heterocycles. The van der Waals surface area contributed by atoms with Gasteiger partial charge in [0.25, 0.3) is 0 Å². The van der Waals surface area contributed by atoms with E-state index in [1.807, 2.05) is 30.3 Å². The predicted octanol–water partition coefficient (Wildman–Crippen LogP) is 1.73. The topological polar surface area (TPSA) is 34.8 Å². The fraction of sp³-hybridized carbons (Fsp3) is 0.222. The Kier molecular flexibility index (Phi) is 4.05. The molecule has 5 heteroatoms. The van der Waals surface area contributed by atoms with Crippen molar-refractivity contribution in [3.63, 3.8) is 0 Å². The van der Waals surface area contributed by atoms with Crippen LogP contribution in [0.1, 0.15) is 5.56 Å². The summed E-state index contributed by atoms with van der Waals surface area (Å²) in [5.74, 6) is -0.119. The number of alkyl halides is 3. The van der Waals surface area contributed by atoms with Crippen LogP contribution in [-0.4, -0.2) is 9.69 Å². The number of rotatable bonds is 2. The smallest absolute Gasteiger partial charge is 0.387 e. The molecule has 0 aliphatic rings. The largest absolute Gasteiger partial charge is 0.440 e. The van der Waals surface area contributed by atoms with Crippen molar-refractivity contribution < 1.29 is 10.1 Å². The van der Waals surface area contributed by atoms with E-state index < -0.39 is 3.79 Å². The molecule has 2 nitrogen and oxygen atoms in total. The molecule has 0 heterocycles. The summed E-state index contributed by atoms with van der Waals surface area (Å²) in [6.07, 6.45) is 0. The van der Waals surface area contributed by atoms with Gasteiger partial charge in [0.1, 0.15) is 6.61 Å². The Morgan fingerprint density at radius 2 is 1.79 bits per heavy atom.